The van der Waals surface area contributed by atoms with Crippen LogP contribution in [0.1, 0.15) is 22.2 Å². The summed E-state index contributed by atoms with van der Waals surface area (Å²) in [5, 5.41) is 9.84. The van der Waals surface area contributed by atoms with Gasteiger partial charge < -0.3 is 5.73 Å². The highest BCUT2D eigenvalue weighted by molar-refractivity contribution is 7.14. The van der Waals surface area contributed by atoms with Gasteiger partial charge in [0.1, 0.15) is 15.8 Å². The third-order valence-electron chi connectivity index (χ3n) is 3.27. The molecule has 5 heteroatoms. The SMILES string of the molecule is Cc1cc(-c2nnc(C(N)c3ccccc3)s2)ccc1F. The van der Waals surface area contributed by atoms with Crippen LogP contribution in [0.25, 0.3) is 10.6 Å². The van der Waals surface area contributed by atoms with Gasteiger partial charge in [-0.25, -0.2) is 4.39 Å². The summed E-state index contributed by atoms with van der Waals surface area (Å²) in [5.74, 6) is -0.218. The molecule has 2 N–H and O–H groups in total. The summed E-state index contributed by atoms with van der Waals surface area (Å²) in [7, 11) is 0. The van der Waals surface area contributed by atoms with E-state index in [1.807, 2.05) is 30.3 Å². The van der Waals surface area contributed by atoms with E-state index in [1.54, 1.807) is 19.1 Å². The Morgan fingerprint density at radius 2 is 1.86 bits per heavy atom. The highest BCUT2D eigenvalue weighted by Crippen LogP contribution is 2.29. The number of hydrogen-bond donors (Lipinski definition) is 1. The van der Waals surface area contributed by atoms with Crippen LogP contribution in [0.2, 0.25) is 0 Å². The van der Waals surface area contributed by atoms with Gasteiger partial charge in [-0.1, -0.05) is 41.7 Å². The quantitative estimate of drug-likeness (QED) is 0.802. The number of aryl methyl sites for hydroxylation is 1. The van der Waals surface area contributed by atoms with Gasteiger partial charge in [0.2, 0.25) is 0 Å². The fourth-order valence-electron chi connectivity index (χ4n) is 2.06. The Kier molecular flexibility index (Phi) is 3.77. The number of rotatable bonds is 3. The van der Waals surface area contributed by atoms with E-state index in [9.17, 15) is 4.39 Å². The number of hydrogen-bond acceptors (Lipinski definition) is 4. The molecule has 0 aliphatic heterocycles. The van der Waals surface area contributed by atoms with Gasteiger partial charge in [-0.15, -0.1) is 10.2 Å². The maximum Gasteiger partial charge on any atom is 0.147 e. The average molecular weight is 299 g/mol. The van der Waals surface area contributed by atoms with Crippen LogP contribution in [-0.4, -0.2) is 10.2 Å². The van der Waals surface area contributed by atoms with Gasteiger partial charge >= 0.3 is 0 Å². The smallest absolute Gasteiger partial charge is 0.147 e. The molecule has 3 nitrogen and oxygen atoms in total. The van der Waals surface area contributed by atoms with E-state index in [0.717, 1.165) is 21.1 Å². The van der Waals surface area contributed by atoms with Crippen molar-refractivity contribution < 1.29 is 4.39 Å². The molecule has 1 unspecified atom stereocenters. The minimum atomic E-state index is -0.293. The molecule has 21 heavy (non-hydrogen) atoms. The first-order chi connectivity index (χ1) is 10.1. The normalized spacial score (nSPS) is 12.3. The van der Waals surface area contributed by atoms with Crippen LogP contribution in [0.3, 0.4) is 0 Å². The van der Waals surface area contributed by atoms with Crippen molar-refractivity contribution in [3.63, 3.8) is 0 Å². The first-order valence-electron chi connectivity index (χ1n) is 6.55. The van der Waals surface area contributed by atoms with Crippen LogP contribution in [0.4, 0.5) is 4.39 Å². The van der Waals surface area contributed by atoms with Crippen molar-refractivity contribution in [1.82, 2.24) is 10.2 Å². The summed E-state index contributed by atoms with van der Waals surface area (Å²) >= 11 is 1.43. The third kappa shape index (κ3) is 2.84. The van der Waals surface area contributed by atoms with E-state index in [2.05, 4.69) is 10.2 Å². The van der Waals surface area contributed by atoms with E-state index in [1.165, 1.54) is 17.4 Å². The molecule has 1 aromatic heterocycles. The average Bonchev–Trinajstić information content (AvgIpc) is 3.00. The second-order valence-electron chi connectivity index (χ2n) is 4.80. The van der Waals surface area contributed by atoms with Gasteiger partial charge in [-0.2, -0.15) is 0 Å². The molecule has 0 spiro atoms. The summed E-state index contributed by atoms with van der Waals surface area (Å²) in [5.41, 5.74) is 8.66. The molecule has 3 rings (SSSR count). The molecule has 0 fully saturated rings. The number of aromatic nitrogens is 2. The lowest BCUT2D eigenvalue weighted by Gasteiger charge is -2.07. The highest BCUT2D eigenvalue weighted by atomic mass is 32.1. The standard InChI is InChI=1S/C16H14FN3S/c1-10-9-12(7-8-13(10)17)15-19-20-16(21-15)14(18)11-5-3-2-4-6-11/h2-9,14H,18H2,1H3. The molecule has 2 aromatic carbocycles. The second kappa shape index (κ2) is 5.71. The predicted octanol–water partition coefficient (Wildman–Crippen LogP) is 3.70. The van der Waals surface area contributed by atoms with Crippen molar-refractivity contribution in [1.29, 1.82) is 0 Å². The Morgan fingerprint density at radius 3 is 2.57 bits per heavy atom. The van der Waals surface area contributed by atoms with Crippen molar-refractivity contribution in [2.75, 3.05) is 0 Å². The van der Waals surface area contributed by atoms with E-state index in [-0.39, 0.29) is 11.9 Å². The third-order valence-corrected chi connectivity index (χ3v) is 4.33. The zero-order chi connectivity index (χ0) is 14.8. The fraction of sp³-hybridized carbons (Fsp3) is 0.125. The summed E-state index contributed by atoms with van der Waals surface area (Å²) in [4.78, 5) is 0. The van der Waals surface area contributed by atoms with Crippen LogP contribution in [0.15, 0.2) is 48.5 Å². The van der Waals surface area contributed by atoms with Gasteiger partial charge in [-0.3, -0.25) is 0 Å². The number of benzene rings is 2. The predicted molar refractivity (Wildman–Crippen MR) is 82.5 cm³/mol. The number of nitrogens with zero attached hydrogens (tertiary/aromatic N) is 2. The zero-order valence-corrected chi connectivity index (χ0v) is 12.3. The number of nitrogens with two attached hydrogens (primary N) is 1. The fourth-order valence-corrected chi connectivity index (χ4v) is 2.93. The molecule has 0 saturated carbocycles. The van der Waals surface area contributed by atoms with E-state index in [4.69, 9.17) is 5.73 Å². The van der Waals surface area contributed by atoms with Gasteiger partial charge in [-0.05, 0) is 36.2 Å². The van der Waals surface area contributed by atoms with E-state index >= 15 is 0 Å². The Morgan fingerprint density at radius 1 is 1.10 bits per heavy atom. The van der Waals surface area contributed by atoms with E-state index in [0.29, 0.717) is 5.56 Å². The Bertz CT molecular complexity index is 755. The van der Waals surface area contributed by atoms with Crippen LogP contribution in [-0.2, 0) is 0 Å². The van der Waals surface area contributed by atoms with Gasteiger partial charge in [0.05, 0.1) is 6.04 Å². The van der Waals surface area contributed by atoms with Crippen molar-refractivity contribution in [3.05, 3.63) is 70.5 Å². The van der Waals surface area contributed by atoms with Crippen LogP contribution >= 0.6 is 11.3 Å². The van der Waals surface area contributed by atoms with E-state index < -0.39 is 0 Å². The highest BCUT2D eigenvalue weighted by Gasteiger charge is 2.15. The lowest BCUT2D eigenvalue weighted by Crippen LogP contribution is -2.11. The molecule has 106 valence electrons. The van der Waals surface area contributed by atoms with Gasteiger partial charge in [0.15, 0.2) is 0 Å². The lowest BCUT2D eigenvalue weighted by atomic mass is 10.1. The molecule has 1 atom stereocenters. The van der Waals surface area contributed by atoms with Crippen LogP contribution < -0.4 is 5.73 Å². The summed E-state index contributed by atoms with van der Waals surface area (Å²) in [6.07, 6.45) is 0. The molecular formula is C16H14FN3S. The largest absolute Gasteiger partial charge is 0.318 e. The molecule has 0 aliphatic rings. The van der Waals surface area contributed by atoms with Crippen molar-refractivity contribution in [2.45, 2.75) is 13.0 Å². The Hall–Kier alpha value is -2.11. The van der Waals surface area contributed by atoms with Crippen LogP contribution in [0, 0.1) is 12.7 Å². The van der Waals surface area contributed by atoms with Crippen molar-refractivity contribution in [3.8, 4) is 10.6 Å². The summed E-state index contributed by atoms with van der Waals surface area (Å²) in [6.45, 7) is 1.73. The maximum absolute atomic E-state index is 13.3. The van der Waals surface area contributed by atoms with Gasteiger partial charge in [0, 0.05) is 5.56 Å². The summed E-state index contributed by atoms with van der Waals surface area (Å²) in [6, 6.07) is 14.4. The lowest BCUT2D eigenvalue weighted by molar-refractivity contribution is 0.619. The molecule has 3 aromatic rings. The van der Waals surface area contributed by atoms with Gasteiger partial charge in [0.25, 0.3) is 0 Å². The topological polar surface area (TPSA) is 51.8 Å². The molecule has 0 aliphatic carbocycles. The first-order valence-corrected chi connectivity index (χ1v) is 7.37. The minimum Gasteiger partial charge on any atom is -0.318 e. The molecule has 1 heterocycles. The Balaban J connectivity index is 1.91. The first kappa shape index (κ1) is 13.9. The molecule has 0 bridgehead atoms. The van der Waals surface area contributed by atoms with Crippen molar-refractivity contribution in [2.24, 2.45) is 5.73 Å². The molecule has 0 amide bonds. The molecule has 0 radical (unpaired) electrons. The summed E-state index contributed by atoms with van der Waals surface area (Å²) < 4.78 is 13.3. The molecular weight excluding hydrogens is 285 g/mol. The second-order valence-corrected chi connectivity index (χ2v) is 5.81. The zero-order valence-electron chi connectivity index (χ0n) is 11.5. The minimum absolute atomic E-state index is 0.218. The number of halogens is 1. The molecule has 0 saturated heterocycles. The maximum atomic E-state index is 13.3. The van der Waals surface area contributed by atoms with Crippen LogP contribution in [0.5, 0.6) is 0 Å². The Labute approximate surface area is 126 Å². The monoisotopic (exact) mass is 299 g/mol. The van der Waals surface area contributed by atoms with Crippen molar-refractivity contribution >= 4 is 11.3 Å².